The Kier molecular flexibility index (Phi) is 5.22. The average Bonchev–Trinajstić information content (AvgIpc) is 3.15. The average molecular weight is 439 g/mol. The van der Waals surface area contributed by atoms with Gasteiger partial charge in [0.15, 0.2) is 0 Å². The number of hydrogen-bond acceptors (Lipinski definition) is 5. The number of furan rings is 1. The molecule has 0 bridgehead atoms. The summed E-state index contributed by atoms with van der Waals surface area (Å²) in [6.45, 7) is 4.21. The van der Waals surface area contributed by atoms with Gasteiger partial charge in [-0.1, -0.05) is 36.4 Å². The summed E-state index contributed by atoms with van der Waals surface area (Å²) in [4.78, 5) is 25.1. The summed E-state index contributed by atoms with van der Waals surface area (Å²) in [5, 5.41) is 11.5. The van der Waals surface area contributed by atoms with Crippen molar-refractivity contribution in [2.75, 3.05) is 11.9 Å². The first-order valence-electron chi connectivity index (χ1n) is 10.7. The molecule has 2 aliphatic rings. The summed E-state index contributed by atoms with van der Waals surface area (Å²) in [5.41, 5.74) is 4.02. The lowest BCUT2D eigenvalue weighted by Gasteiger charge is -2.19. The van der Waals surface area contributed by atoms with Gasteiger partial charge in [-0.25, -0.2) is 0 Å². The van der Waals surface area contributed by atoms with Gasteiger partial charge in [0.1, 0.15) is 17.1 Å². The number of carbonyl (C=O) groups is 2. The third-order valence-corrected chi connectivity index (χ3v) is 5.60. The van der Waals surface area contributed by atoms with Gasteiger partial charge in [-0.2, -0.15) is 0 Å². The number of azo groups is 1. The van der Waals surface area contributed by atoms with E-state index >= 15 is 0 Å². The second-order valence-electron chi connectivity index (χ2n) is 7.72. The van der Waals surface area contributed by atoms with E-state index in [4.69, 9.17) is 9.15 Å². The maximum atomic E-state index is 13.1. The predicted octanol–water partition coefficient (Wildman–Crippen LogP) is 5.84. The number of ether oxygens (including phenoxy) is 1. The molecule has 5 rings (SSSR count). The first kappa shape index (κ1) is 20.6. The quantitative estimate of drug-likeness (QED) is 0.541. The van der Waals surface area contributed by atoms with Crippen LogP contribution < -0.4 is 10.1 Å². The lowest BCUT2D eigenvalue weighted by Crippen LogP contribution is -2.17. The van der Waals surface area contributed by atoms with Crippen molar-refractivity contribution in [3.63, 3.8) is 0 Å². The summed E-state index contributed by atoms with van der Waals surface area (Å²) >= 11 is 0. The van der Waals surface area contributed by atoms with Crippen molar-refractivity contribution in [2.24, 2.45) is 16.1 Å². The second-order valence-corrected chi connectivity index (χ2v) is 7.72. The van der Waals surface area contributed by atoms with Crippen LogP contribution in [0.5, 0.6) is 5.75 Å². The van der Waals surface area contributed by atoms with Gasteiger partial charge in [0.25, 0.3) is 11.8 Å². The fraction of sp³-hybridized carbons (Fsp3) is 0.154. The Morgan fingerprint density at radius 2 is 1.94 bits per heavy atom. The zero-order valence-corrected chi connectivity index (χ0v) is 18.2. The molecule has 0 radical (unpaired) electrons. The largest absolute Gasteiger partial charge is 0.494 e. The maximum absolute atomic E-state index is 13.1. The van der Waals surface area contributed by atoms with Crippen LogP contribution in [0.15, 0.2) is 87.0 Å². The molecule has 2 amide bonds. The summed E-state index contributed by atoms with van der Waals surface area (Å²) in [5.74, 6) is 0.284. The van der Waals surface area contributed by atoms with Crippen molar-refractivity contribution in [3.8, 4) is 5.75 Å². The highest BCUT2D eigenvalue weighted by molar-refractivity contribution is 6.13. The van der Waals surface area contributed by atoms with Crippen LogP contribution in [0.2, 0.25) is 0 Å². The Morgan fingerprint density at radius 1 is 1.12 bits per heavy atom. The normalized spacial score (nSPS) is 16.9. The van der Waals surface area contributed by atoms with E-state index in [0.717, 1.165) is 11.1 Å². The number of aryl methyl sites for hydroxylation is 1. The van der Waals surface area contributed by atoms with Crippen LogP contribution in [0.4, 0.5) is 5.69 Å². The molecule has 1 aromatic heterocycles. The number of anilines is 1. The first-order valence-corrected chi connectivity index (χ1v) is 10.7. The van der Waals surface area contributed by atoms with E-state index in [0.29, 0.717) is 46.0 Å². The molecule has 0 saturated heterocycles. The van der Waals surface area contributed by atoms with Gasteiger partial charge < -0.3 is 14.5 Å². The van der Waals surface area contributed by atoms with Gasteiger partial charge in [0.2, 0.25) is 0 Å². The van der Waals surface area contributed by atoms with Crippen molar-refractivity contribution in [1.29, 1.82) is 0 Å². The first-order chi connectivity index (χ1) is 16.0. The highest BCUT2D eigenvalue weighted by atomic mass is 16.5. The predicted molar refractivity (Wildman–Crippen MR) is 125 cm³/mol. The zero-order chi connectivity index (χ0) is 22.9. The van der Waals surface area contributed by atoms with E-state index in [-0.39, 0.29) is 11.8 Å². The van der Waals surface area contributed by atoms with Gasteiger partial charge in [-0.3, -0.25) is 9.59 Å². The zero-order valence-electron chi connectivity index (χ0n) is 18.2. The van der Waals surface area contributed by atoms with Crippen molar-refractivity contribution in [2.45, 2.75) is 13.8 Å². The van der Waals surface area contributed by atoms with Crippen LogP contribution in [0.1, 0.15) is 28.6 Å². The molecular formula is C26H21N3O4. The third kappa shape index (κ3) is 3.78. The molecule has 1 unspecified atom stereocenters. The Morgan fingerprint density at radius 3 is 2.73 bits per heavy atom. The molecule has 7 heteroatoms. The van der Waals surface area contributed by atoms with Crippen LogP contribution in [0.25, 0.3) is 16.7 Å². The minimum Gasteiger partial charge on any atom is -0.494 e. The minimum atomic E-state index is -0.402. The number of benzene rings is 2. The molecule has 0 saturated carbocycles. The number of amides is 2. The molecule has 1 atom stereocenters. The molecule has 2 aromatic carbocycles. The third-order valence-electron chi connectivity index (χ3n) is 5.60. The topological polar surface area (TPSA) is 93.3 Å². The molecule has 2 heterocycles. The number of rotatable bonds is 5. The van der Waals surface area contributed by atoms with Gasteiger partial charge in [0, 0.05) is 16.6 Å². The fourth-order valence-electron chi connectivity index (χ4n) is 4.07. The van der Waals surface area contributed by atoms with Crippen LogP contribution in [-0.4, -0.2) is 18.4 Å². The van der Waals surface area contributed by atoms with Crippen molar-refractivity contribution < 1.29 is 18.7 Å². The molecule has 0 spiro atoms. The van der Waals surface area contributed by atoms with Crippen molar-refractivity contribution in [1.82, 2.24) is 0 Å². The molecule has 7 nitrogen and oxygen atoms in total. The van der Waals surface area contributed by atoms with Crippen LogP contribution >= 0.6 is 0 Å². The SMILES string of the molecule is CCOc1ccc2oc(C)c(C(=O)Nc3ccc(C4=C5C=CC=CC5C(=O)N=N4)cc3)c2c1. The monoisotopic (exact) mass is 439 g/mol. The molecule has 3 aromatic rings. The van der Waals surface area contributed by atoms with Gasteiger partial charge in [-0.05, 0) is 49.8 Å². The van der Waals surface area contributed by atoms with Crippen molar-refractivity contribution in [3.05, 3.63) is 89.2 Å². The lowest BCUT2D eigenvalue weighted by molar-refractivity contribution is -0.119. The highest BCUT2D eigenvalue weighted by Gasteiger charge is 2.27. The van der Waals surface area contributed by atoms with Crippen molar-refractivity contribution >= 4 is 34.2 Å². The van der Waals surface area contributed by atoms with E-state index in [2.05, 4.69) is 15.5 Å². The van der Waals surface area contributed by atoms with Crippen LogP contribution in [0, 0.1) is 12.8 Å². The number of carbonyl (C=O) groups excluding carboxylic acids is 2. The van der Waals surface area contributed by atoms with Gasteiger partial charge in [-0.15, -0.1) is 10.2 Å². The van der Waals surface area contributed by atoms with E-state index < -0.39 is 5.92 Å². The number of nitrogens with one attached hydrogen (secondary N) is 1. The smallest absolute Gasteiger partial charge is 0.276 e. The Hall–Kier alpha value is -4.26. The summed E-state index contributed by atoms with van der Waals surface area (Å²) < 4.78 is 11.3. The summed E-state index contributed by atoms with van der Waals surface area (Å²) in [7, 11) is 0. The molecule has 0 fully saturated rings. The number of nitrogens with zero attached hydrogens (tertiary/aromatic N) is 2. The molecule has 1 N–H and O–H groups in total. The molecular weight excluding hydrogens is 418 g/mol. The highest BCUT2D eigenvalue weighted by Crippen LogP contribution is 2.34. The molecule has 164 valence electrons. The number of hydrogen-bond donors (Lipinski definition) is 1. The van der Waals surface area contributed by atoms with Crippen LogP contribution in [0.3, 0.4) is 0 Å². The van der Waals surface area contributed by atoms with E-state index in [9.17, 15) is 9.59 Å². The van der Waals surface area contributed by atoms with Crippen LogP contribution in [-0.2, 0) is 4.79 Å². The second kappa shape index (κ2) is 8.35. The molecule has 1 aliphatic carbocycles. The van der Waals surface area contributed by atoms with E-state index in [1.165, 1.54) is 0 Å². The fourth-order valence-corrected chi connectivity index (χ4v) is 4.07. The minimum absolute atomic E-state index is 0.266. The molecule has 1 aliphatic heterocycles. The molecule has 33 heavy (non-hydrogen) atoms. The summed E-state index contributed by atoms with van der Waals surface area (Å²) in [6, 6.07) is 12.7. The Balaban J connectivity index is 1.41. The number of fused-ring (bicyclic) bond motifs is 2. The summed E-state index contributed by atoms with van der Waals surface area (Å²) in [6.07, 6.45) is 7.42. The standard InChI is InChI=1S/C26H21N3O4/c1-3-32-18-12-13-22-21(14-18)23(15(2)33-22)26(31)27-17-10-8-16(9-11-17)24-19-6-4-5-7-20(19)25(30)29-28-24/h4-14,20H,3H2,1-2H3,(H,27,31). The van der Waals surface area contributed by atoms with Gasteiger partial charge >= 0.3 is 0 Å². The maximum Gasteiger partial charge on any atom is 0.276 e. The lowest BCUT2D eigenvalue weighted by atomic mass is 9.89. The van der Waals surface area contributed by atoms with Gasteiger partial charge in [0.05, 0.1) is 23.8 Å². The Labute approximate surface area is 190 Å². The Bertz CT molecular complexity index is 1390. The number of allylic oxidation sites excluding steroid dienone is 3. The van der Waals surface area contributed by atoms with E-state index in [1.54, 1.807) is 25.1 Å². The van der Waals surface area contributed by atoms with E-state index in [1.807, 2.05) is 55.5 Å².